The molecule has 0 aromatic carbocycles. The van der Waals surface area contributed by atoms with Crippen molar-refractivity contribution in [1.82, 2.24) is 15.3 Å². The molecule has 1 aromatic heterocycles. The number of nitrogens with one attached hydrogen (secondary N) is 2. The number of aromatic amines is 1. The summed E-state index contributed by atoms with van der Waals surface area (Å²) in [7, 11) is 3.49. The lowest BCUT2D eigenvalue weighted by molar-refractivity contribution is 0.0768. The topological polar surface area (TPSA) is 67.0 Å². The molecule has 2 rings (SSSR count). The van der Waals surface area contributed by atoms with Gasteiger partial charge in [-0.15, -0.1) is 0 Å². The fourth-order valence-corrected chi connectivity index (χ4v) is 1.86. The molecule has 1 heterocycles. The highest BCUT2D eigenvalue weighted by Gasteiger charge is 2.34. The van der Waals surface area contributed by atoms with E-state index in [1.54, 1.807) is 7.11 Å². The van der Waals surface area contributed by atoms with Crippen LogP contribution in [-0.4, -0.2) is 24.1 Å². The van der Waals surface area contributed by atoms with Crippen LogP contribution in [0.3, 0.4) is 0 Å². The molecule has 0 aliphatic heterocycles. The van der Waals surface area contributed by atoms with Crippen LogP contribution >= 0.6 is 0 Å². The molecule has 1 atom stereocenters. The third kappa shape index (κ3) is 2.48. The Balaban J connectivity index is 2.27. The second kappa shape index (κ2) is 4.76. The van der Waals surface area contributed by atoms with Crippen LogP contribution in [0.2, 0.25) is 0 Å². The first-order chi connectivity index (χ1) is 7.74. The molecular weight excluding hydrogens is 206 g/mol. The molecule has 1 unspecified atom stereocenters. The lowest BCUT2D eigenvalue weighted by atomic mass is 10.2. The molecule has 0 saturated heterocycles. The fourth-order valence-electron chi connectivity index (χ4n) is 1.86. The summed E-state index contributed by atoms with van der Waals surface area (Å²) in [4.78, 5) is 18.6. The van der Waals surface area contributed by atoms with Crippen LogP contribution in [0.25, 0.3) is 0 Å². The quantitative estimate of drug-likeness (QED) is 0.766. The summed E-state index contributed by atoms with van der Waals surface area (Å²) in [6, 6.07) is 1.51. The van der Waals surface area contributed by atoms with Crippen LogP contribution in [0.5, 0.6) is 0 Å². The van der Waals surface area contributed by atoms with Crippen molar-refractivity contribution < 1.29 is 4.74 Å². The van der Waals surface area contributed by atoms with E-state index in [2.05, 4.69) is 15.3 Å². The summed E-state index contributed by atoms with van der Waals surface area (Å²) in [6.07, 6.45) is 2.24. The van der Waals surface area contributed by atoms with Crippen molar-refractivity contribution in [1.29, 1.82) is 0 Å². The molecule has 1 aliphatic carbocycles. The monoisotopic (exact) mass is 223 g/mol. The molecule has 16 heavy (non-hydrogen) atoms. The Morgan fingerprint density at radius 3 is 3.00 bits per heavy atom. The van der Waals surface area contributed by atoms with Crippen molar-refractivity contribution in [3.05, 3.63) is 27.9 Å². The highest BCUT2D eigenvalue weighted by atomic mass is 16.5. The number of H-pyrrole nitrogens is 1. The first kappa shape index (κ1) is 11.3. The van der Waals surface area contributed by atoms with Crippen molar-refractivity contribution in [2.75, 3.05) is 14.2 Å². The Kier molecular flexibility index (Phi) is 3.36. The number of hydrogen-bond donors (Lipinski definition) is 2. The summed E-state index contributed by atoms with van der Waals surface area (Å²) in [5.74, 6) is 1.17. The van der Waals surface area contributed by atoms with E-state index in [1.165, 1.54) is 6.07 Å². The number of ether oxygens (including phenoxy) is 1. The summed E-state index contributed by atoms with van der Waals surface area (Å²) in [5.41, 5.74) is 0.641. The molecule has 88 valence electrons. The average Bonchev–Trinajstić information content (AvgIpc) is 3.03. The van der Waals surface area contributed by atoms with Gasteiger partial charge in [0.25, 0.3) is 5.56 Å². The molecule has 2 N–H and O–H groups in total. The normalized spacial score (nSPS) is 17.4. The second-order valence-corrected chi connectivity index (χ2v) is 4.15. The van der Waals surface area contributed by atoms with Gasteiger partial charge in [0.05, 0.1) is 5.69 Å². The second-order valence-electron chi connectivity index (χ2n) is 4.15. The van der Waals surface area contributed by atoms with Crippen molar-refractivity contribution in [3.8, 4) is 0 Å². The molecule has 1 aliphatic rings. The maximum atomic E-state index is 11.5. The summed E-state index contributed by atoms with van der Waals surface area (Å²) in [6.45, 7) is 0.595. The third-order valence-electron chi connectivity index (χ3n) is 2.74. The summed E-state index contributed by atoms with van der Waals surface area (Å²) < 4.78 is 5.40. The third-order valence-corrected chi connectivity index (χ3v) is 2.74. The van der Waals surface area contributed by atoms with Crippen molar-refractivity contribution in [2.24, 2.45) is 5.92 Å². The van der Waals surface area contributed by atoms with Gasteiger partial charge >= 0.3 is 0 Å². The van der Waals surface area contributed by atoms with E-state index in [0.29, 0.717) is 18.3 Å². The van der Waals surface area contributed by atoms with E-state index in [0.717, 1.165) is 18.5 Å². The van der Waals surface area contributed by atoms with Gasteiger partial charge in [0.2, 0.25) is 0 Å². The Labute approximate surface area is 94.2 Å². The standard InChI is InChI=1S/C11H17N3O2/c1-12-6-8-5-9(15)14-11(13-8)10(16-2)7-3-4-7/h5,7,10,12H,3-4,6H2,1-2H3,(H,13,14,15). The minimum absolute atomic E-state index is 0.0653. The van der Waals surface area contributed by atoms with Crippen LogP contribution in [-0.2, 0) is 11.3 Å². The minimum atomic E-state index is -0.113. The van der Waals surface area contributed by atoms with Crippen LogP contribution < -0.4 is 10.9 Å². The van der Waals surface area contributed by atoms with E-state index in [-0.39, 0.29) is 11.7 Å². The molecule has 0 spiro atoms. The highest BCUT2D eigenvalue weighted by molar-refractivity contribution is 5.06. The number of hydrogen-bond acceptors (Lipinski definition) is 4. The average molecular weight is 223 g/mol. The lowest BCUT2D eigenvalue weighted by Gasteiger charge is -2.14. The molecular formula is C11H17N3O2. The molecule has 5 heteroatoms. The molecule has 5 nitrogen and oxygen atoms in total. The van der Waals surface area contributed by atoms with Crippen LogP contribution in [0.4, 0.5) is 0 Å². The zero-order valence-corrected chi connectivity index (χ0v) is 9.62. The number of rotatable bonds is 5. The molecule has 0 bridgehead atoms. The van der Waals surface area contributed by atoms with E-state index >= 15 is 0 Å². The van der Waals surface area contributed by atoms with Gasteiger partial charge in [0, 0.05) is 19.7 Å². The van der Waals surface area contributed by atoms with E-state index in [9.17, 15) is 4.79 Å². The summed E-state index contributed by atoms with van der Waals surface area (Å²) >= 11 is 0. The Morgan fingerprint density at radius 2 is 2.44 bits per heavy atom. The number of nitrogens with zero attached hydrogens (tertiary/aromatic N) is 1. The molecule has 1 fully saturated rings. The van der Waals surface area contributed by atoms with Gasteiger partial charge in [-0.05, 0) is 25.8 Å². The smallest absolute Gasteiger partial charge is 0.251 e. The van der Waals surface area contributed by atoms with Gasteiger partial charge in [-0.1, -0.05) is 0 Å². The first-order valence-corrected chi connectivity index (χ1v) is 5.52. The largest absolute Gasteiger partial charge is 0.373 e. The highest BCUT2D eigenvalue weighted by Crippen LogP contribution is 2.41. The number of aromatic nitrogens is 2. The minimum Gasteiger partial charge on any atom is -0.373 e. The predicted molar refractivity (Wildman–Crippen MR) is 60.1 cm³/mol. The Morgan fingerprint density at radius 1 is 1.69 bits per heavy atom. The van der Waals surface area contributed by atoms with Crippen LogP contribution in [0.15, 0.2) is 10.9 Å². The SMILES string of the molecule is CNCc1cc(=O)[nH]c(C(OC)C2CC2)n1. The fraction of sp³-hybridized carbons (Fsp3) is 0.636. The molecule has 1 saturated carbocycles. The van der Waals surface area contributed by atoms with Gasteiger partial charge in [0.1, 0.15) is 11.9 Å². The van der Waals surface area contributed by atoms with Crippen molar-refractivity contribution in [3.63, 3.8) is 0 Å². The van der Waals surface area contributed by atoms with Crippen LogP contribution in [0, 0.1) is 5.92 Å². The van der Waals surface area contributed by atoms with E-state index in [1.807, 2.05) is 7.05 Å². The van der Waals surface area contributed by atoms with E-state index < -0.39 is 0 Å². The van der Waals surface area contributed by atoms with Gasteiger partial charge in [-0.25, -0.2) is 4.98 Å². The maximum Gasteiger partial charge on any atom is 0.251 e. The van der Waals surface area contributed by atoms with Gasteiger partial charge in [-0.2, -0.15) is 0 Å². The Bertz CT molecular complexity index is 412. The van der Waals surface area contributed by atoms with Crippen molar-refractivity contribution in [2.45, 2.75) is 25.5 Å². The predicted octanol–water partition coefficient (Wildman–Crippen LogP) is 0.587. The van der Waals surface area contributed by atoms with E-state index in [4.69, 9.17) is 4.74 Å². The molecule has 1 aromatic rings. The maximum absolute atomic E-state index is 11.5. The van der Waals surface area contributed by atoms with Gasteiger partial charge in [-0.3, -0.25) is 4.79 Å². The van der Waals surface area contributed by atoms with Crippen LogP contribution in [0.1, 0.15) is 30.5 Å². The lowest BCUT2D eigenvalue weighted by Crippen LogP contribution is -2.20. The number of methoxy groups -OCH3 is 1. The molecule has 0 amide bonds. The summed E-state index contributed by atoms with van der Waals surface area (Å²) in [5, 5.41) is 2.98. The van der Waals surface area contributed by atoms with Gasteiger partial charge < -0.3 is 15.0 Å². The van der Waals surface area contributed by atoms with Crippen molar-refractivity contribution >= 4 is 0 Å². The van der Waals surface area contributed by atoms with Gasteiger partial charge in [0.15, 0.2) is 0 Å². The zero-order chi connectivity index (χ0) is 11.5. The zero-order valence-electron chi connectivity index (χ0n) is 9.62. The Hall–Kier alpha value is -1.20. The molecule has 0 radical (unpaired) electrons. The first-order valence-electron chi connectivity index (χ1n) is 5.52.